The van der Waals surface area contributed by atoms with Crippen molar-refractivity contribution in [3.63, 3.8) is 0 Å². The highest BCUT2D eigenvalue weighted by Gasteiger charge is 2.37. The molecule has 0 aliphatic heterocycles. The Hall–Kier alpha value is -2.84. The second kappa shape index (κ2) is 10.6. The molecule has 1 unspecified atom stereocenters. The zero-order valence-corrected chi connectivity index (χ0v) is 22.9. The first kappa shape index (κ1) is 26.2. The molecule has 0 amide bonds. The van der Waals surface area contributed by atoms with Crippen molar-refractivity contribution in [2.45, 2.75) is 70.6 Å². The standard InChI is InChI=1S/C33H37ClO2/c1-6-36-31(35)25-12-7-23(8-13-25)9-14-26(21-24-10-16-28(34)17-11-24)27-15-18-29-30(22-27)33(4,5)20-19-32(29,2)3/h7-18,22,26H,6,19-21H2,1-5H3. The molecular formula is C33H37ClO2. The molecular weight excluding hydrogens is 464 g/mol. The summed E-state index contributed by atoms with van der Waals surface area (Å²) in [4.78, 5) is 12.0. The van der Waals surface area contributed by atoms with Crippen LogP contribution in [0.1, 0.15) is 91.6 Å². The molecule has 0 fully saturated rings. The first-order valence-electron chi connectivity index (χ1n) is 12.9. The molecule has 1 atom stereocenters. The van der Waals surface area contributed by atoms with E-state index in [0.717, 1.165) is 17.0 Å². The minimum absolute atomic E-state index is 0.165. The van der Waals surface area contributed by atoms with Crippen LogP contribution in [-0.2, 0) is 22.0 Å². The van der Waals surface area contributed by atoms with Crippen LogP contribution in [0.4, 0.5) is 0 Å². The van der Waals surface area contributed by atoms with E-state index in [9.17, 15) is 4.79 Å². The zero-order valence-electron chi connectivity index (χ0n) is 22.1. The van der Waals surface area contributed by atoms with Crippen LogP contribution >= 0.6 is 11.6 Å². The summed E-state index contributed by atoms with van der Waals surface area (Å²) in [6.45, 7) is 11.7. The van der Waals surface area contributed by atoms with Crippen molar-refractivity contribution in [3.8, 4) is 0 Å². The summed E-state index contributed by atoms with van der Waals surface area (Å²) in [6, 6.07) is 22.9. The molecule has 0 saturated heterocycles. The maximum atomic E-state index is 12.0. The SMILES string of the molecule is CCOC(=O)c1ccc(C=CC(Cc2ccc(Cl)cc2)c2ccc3c(c2)C(C)(C)CCC3(C)C)cc1. The average molecular weight is 501 g/mol. The van der Waals surface area contributed by atoms with Gasteiger partial charge in [-0.1, -0.05) is 93.9 Å². The Morgan fingerprint density at radius 2 is 1.56 bits per heavy atom. The number of ether oxygens (including phenoxy) is 1. The molecule has 0 saturated carbocycles. The van der Waals surface area contributed by atoms with Crippen LogP contribution in [0.25, 0.3) is 6.08 Å². The van der Waals surface area contributed by atoms with E-state index in [1.165, 1.54) is 35.1 Å². The monoisotopic (exact) mass is 500 g/mol. The summed E-state index contributed by atoms with van der Waals surface area (Å²) < 4.78 is 5.11. The lowest BCUT2D eigenvalue weighted by Gasteiger charge is -2.42. The van der Waals surface area contributed by atoms with Gasteiger partial charge in [0.2, 0.25) is 0 Å². The van der Waals surface area contributed by atoms with Gasteiger partial charge in [-0.15, -0.1) is 0 Å². The highest BCUT2D eigenvalue weighted by atomic mass is 35.5. The van der Waals surface area contributed by atoms with Crippen LogP contribution in [0, 0.1) is 0 Å². The highest BCUT2D eigenvalue weighted by molar-refractivity contribution is 6.30. The maximum Gasteiger partial charge on any atom is 0.338 e. The molecule has 0 bridgehead atoms. The Kier molecular flexibility index (Phi) is 7.76. The third-order valence-electron chi connectivity index (χ3n) is 7.62. The van der Waals surface area contributed by atoms with Gasteiger partial charge in [0.15, 0.2) is 0 Å². The van der Waals surface area contributed by atoms with Gasteiger partial charge in [0.1, 0.15) is 0 Å². The number of hydrogen-bond donors (Lipinski definition) is 0. The van der Waals surface area contributed by atoms with Crippen LogP contribution < -0.4 is 0 Å². The van der Waals surface area contributed by atoms with Gasteiger partial charge in [-0.25, -0.2) is 4.79 Å². The molecule has 3 aromatic carbocycles. The fraction of sp³-hybridized carbons (Fsp3) is 0.364. The predicted molar refractivity (Wildman–Crippen MR) is 151 cm³/mol. The lowest BCUT2D eigenvalue weighted by Crippen LogP contribution is -2.34. The van der Waals surface area contributed by atoms with Crippen LogP contribution in [0.5, 0.6) is 0 Å². The Balaban J connectivity index is 1.68. The van der Waals surface area contributed by atoms with Crippen molar-refractivity contribution in [2.75, 3.05) is 6.61 Å². The van der Waals surface area contributed by atoms with E-state index in [0.29, 0.717) is 12.2 Å². The summed E-state index contributed by atoms with van der Waals surface area (Å²) in [6.07, 6.45) is 7.74. The van der Waals surface area contributed by atoms with Gasteiger partial charge >= 0.3 is 5.97 Å². The molecule has 3 aromatic rings. The molecule has 0 N–H and O–H groups in total. The van der Waals surface area contributed by atoms with Gasteiger partial charge < -0.3 is 4.74 Å². The topological polar surface area (TPSA) is 26.3 Å². The van der Waals surface area contributed by atoms with Crippen LogP contribution in [-0.4, -0.2) is 12.6 Å². The smallest absolute Gasteiger partial charge is 0.338 e. The number of allylic oxidation sites excluding steroid dienone is 1. The summed E-state index contributed by atoms with van der Waals surface area (Å²) >= 11 is 6.15. The third kappa shape index (κ3) is 5.93. The second-order valence-corrected chi connectivity index (χ2v) is 11.6. The number of hydrogen-bond acceptors (Lipinski definition) is 2. The molecule has 3 heteroatoms. The largest absolute Gasteiger partial charge is 0.462 e. The predicted octanol–water partition coefficient (Wildman–Crippen LogP) is 8.91. The Labute approximate surface area is 221 Å². The number of halogens is 1. The maximum absolute atomic E-state index is 12.0. The van der Waals surface area contributed by atoms with Gasteiger partial charge in [-0.05, 0) is 89.1 Å². The van der Waals surface area contributed by atoms with E-state index in [4.69, 9.17) is 16.3 Å². The molecule has 36 heavy (non-hydrogen) atoms. The molecule has 1 aliphatic carbocycles. The zero-order chi connectivity index (χ0) is 25.9. The molecule has 1 aliphatic rings. The summed E-state index contributed by atoms with van der Waals surface area (Å²) in [5.74, 6) is -0.0738. The van der Waals surface area contributed by atoms with Gasteiger partial charge in [0, 0.05) is 10.9 Å². The first-order chi connectivity index (χ1) is 17.1. The Morgan fingerprint density at radius 3 is 2.19 bits per heavy atom. The van der Waals surface area contributed by atoms with E-state index in [1.54, 1.807) is 0 Å². The van der Waals surface area contributed by atoms with Crippen molar-refractivity contribution in [2.24, 2.45) is 0 Å². The fourth-order valence-corrected chi connectivity index (χ4v) is 5.31. The minimum atomic E-state index is -0.284. The van der Waals surface area contributed by atoms with Crippen LogP contribution in [0.2, 0.25) is 5.02 Å². The number of esters is 1. The molecule has 2 nitrogen and oxygen atoms in total. The van der Waals surface area contributed by atoms with Crippen molar-refractivity contribution in [1.29, 1.82) is 0 Å². The molecule has 0 heterocycles. The van der Waals surface area contributed by atoms with Gasteiger partial charge in [0.25, 0.3) is 0 Å². The van der Waals surface area contributed by atoms with Crippen molar-refractivity contribution >= 4 is 23.6 Å². The lowest BCUT2D eigenvalue weighted by molar-refractivity contribution is 0.0526. The summed E-state index contributed by atoms with van der Waals surface area (Å²) in [5.41, 5.74) is 7.53. The Morgan fingerprint density at radius 1 is 0.917 bits per heavy atom. The minimum Gasteiger partial charge on any atom is -0.462 e. The molecule has 188 valence electrons. The average Bonchev–Trinajstić information content (AvgIpc) is 2.86. The summed E-state index contributed by atoms with van der Waals surface area (Å²) in [5, 5.41) is 0.755. The molecule has 4 rings (SSSR count). The number of benzene rings is 3. The quantitative estimate of drug-likeness (QED) is 0.303. The number of carbonyl (C=O) groups excluding carboxylic acids is 1. The number of rotatable bonds is 7. The van der Waals surface area contributed by atoms with Crippen molar-refractivity contribution in [3.05, 3.63) is 111 Å². The van der Waals surface area contributed by atoms with E-state index in [-0.39, 0.29) is 22.7 Å². The first-order valence-corrected chi connectivity index (χ1v) is 13.3. The normalized spacial score (nSPS) is 16.9. The van der Waals surface area contributed by atoms with Crippen LogP contribution in [0.15, 0.2) is 72.8 Å². The van der Waals surface area contributed by atoms with Crippen molar-refractivity contribution < 1.29 is 9.53 Å². The lowest BCUT2D eigenvalue weighted by atomic mass is 9.62. The van der Waals surface area contributed by atoms with E-state index in [1.807, 2.05) is 43.3 Å². The Bertz CT molecular complexity index is 1230. The molecule has 0 spiro atoms. The van der Waals surface area contributed by atoms with Gasteiger partial charge in [-0.3, -0.25) is 0 Å². The van der Waals surface area contributed by atoms with E-state index < -0.39 is 0 Å². The summed E-state index contributed by atoms with van der Waals surface area (Å²) in [7, 11) is 0. The highest BCUT2D eigenvalue weighted by Crippen LogP contribution is 2.46. The van der Waals surface area contributed by atoms with Crippen molar-refractivity contribution in [1.82, 2.24) is 0 Å². The van der Waals surface area contributed by atoms with Crippen LogP contribution in [0.3, 0.4) is 0 Å². The molecule has 0 aromatic heterocycles. The van der Waals surface area contributed by atoms with E-state index in [2.05, 4.69) is 70.2 Å². The molecule has 0 radical (unpaired) electrons. The second-order valence-electron chi connectivity index (χ2n) is 11.2. The number of fused-ring (bicyclic) bond motifs is 1. The van der Waals surface area contributed by atoms with Gasteiger partial charge in [-0.2, -0.15) is 0 Å². The van der Waals surface area contributed by atoms with E-state index >= 15 is 0 Å². The number of carbonyl (C=O) groups is 1. The van der Waals surface area contributed by atoms with Gasteiger partial charge in [0.05, 0.1) is 12.2 Å². The third-order valence-corrected chi connectivity index (χ3v) is 7.87. The fourth-order valence-electron chi connectivity index (χ4n) is 5.18.